The highest BCUT2D eigenvalue weighted by molar-refractivity contribution is 5.91. The van der Waals surface area contributed by atoms with Crippen molar-refractivity contribution in [3.63, 3.8) is 0 Å². The maximum absolute atomic E-state index is 10.7. The number of non-ortho nitro benzene ring substituents is 1. The quantitative estimate of drug-likeness (QED) is 0.375. The third kappa shape index (κ3) is 2.47. The van der Waals surface area contributed by atoms with Crippen molar-refractivity contribution in [2.45, 2.75) is 0 Å². The third-order valence-corrected chi connectivity index (χ3v) is 3.24. The smallest absolute Gasteiger partial charge is 0.269 e. The van der Waals surface area contributed by atoms with E-state index in [9.17, 15) is 15.4 Å². The van der Waals surface area contributed by atoms with Gasteiger partial charge in [0.1, 0.15) is 0 Å². The number of nitrogens with zero attached hydrogens (tertiary/aromatic N) is 2. The summed E-state index contributed by atoms with van der Waals surface area (Å²) in [6, 6.07) is 13.4. The fourth-order valence-corrected chi connectivity index (χ4v) is 2.16. The van der Waals surface area contributed by atoms with Crippen molar-refractivity contribution in [1.82, 2.24) is 0 Å². The predicted octanol–water partition coefficient (Wildman–Crippen LogP) is 3.39. The molecule has 2 aromatic rings. The zero-order valence-corrected chi connectivity index (χ0v) is 11.4. The molecule has 1 heterocycles. The van der Waals surface area contributed by atoms with Crippen LogP contribution in [0.1, 0.15) is 11.1 Å². The standard InChI is InChI=1S/C16H10N2O4/c17-9-13(11-4-6-14(7-5-11)18(19)20)8-12-2-1-3-15-16(12)22-10-21-15/h1-8H,10H2/b13-8+. The topological polar surface area (TPSA) is 85.4 Å². The largest absolute Gasteiger partial charge is 0.454 e. The molecule has 0 unspecified atom stereocenters. The zero-order valence-electron chi connectivity index (χ0n) is 11.4. The second kappa shape index (κ2) is 5.58. The van der Waals surface area contributed by atoms with Crippen LogP contribution in [-0.4, -0.2) is 11.7 Å². The number of fused-ring (bicyclic) bond motifs is 1. The minimum absolute atomic E-state index is 0.0154. The summed E-state index contributed by atoms with van der Waals surface area (Å²) in [5, 5.41) is 20.0. The summed E-state index contributed by atoms with van der Waals surface area (Å²) >= 11 is 0. The molecule has 0 saturated carbocycles. The van der Waals surface area contributed by atoms with Gasteiger partial charge in [-0.05, 0) is 29.8 Å². The van der Waals surface area contributed by atoms with E-state index in [1.165, 1.54) is 12.1 Å². The Morgan fingerprint density at radius 3 is 2.68 bits per heavy atom. The van der Waals surface area contributed by atoms with Crippen LogP contribution in [0.2, 0.25) is 0 Å². The van der Waals surface area contributed by atoms with Crippen molar-refractivity contribution in [3.8, 4) is 17.6 Å². The second-order valence-corrected chi connectivity index (χ2v) is 4.55. The monoisotopic (exact) mass is 294 g/mol. The summed E-state index contributed by atoms with van der Waals surface area (Å²) in [5.41, 5.74) is 1.70. The molecule has 0 saturated heterocycles. The van der Waals surface area contributed by atoms with Crippen molar-refractivity contribution in [2.75, 3.05) is 6.79 Å². The van der Waals surface area contributed by atoms with E-state index in [-0.39, 0.29) is 12.5 Å². The van der Waals surface area contributed by atoms with Crippen LogP contribution in [0.15, 0.2) is 42.5 Å². The van der Waals surface area contributed by atoms with Crippen molar-refractivity contribution >= 4 is 17.3 Å². The Kier molecular flexibility index (Phi) is 3.46. The average Bonchev–Trinajstić information content (AvgIpc) is 3.02. The molecular formula is C16H10N2O4. The van der Waals surface area contributed by atoms with E-state index in [4.69, 9.17) is 9.47 Å². The minimum atomic E-state index is -0.477. The molecule has 0 aromatic heterocycles. The van der Waals surface area contributed by atoms with Gasteiger partial charge in [-0.15, -0.1) is 0 Å². The molecule has 0 N–H and O–H groups in total. The number of nitro groups is 1. The number of hydrogen-bond donors (Lipinski definition) is 0. The van der Waals surface area contributed by atoms with E-state index in [0.29, 0.717) is 22.6 Å². The number of hydrogen-bond acceptors (Lipinski definition) is 5. The lowest BCUT2D eigenvalue weighted by Gasteiger charge is -2.03. The highest BCUT2D eigenvalue weighted by Crippen LogP contribution is 2.37. The molecule has 3 rings (SSSR count). The molecule has 0 bridgehead atoms. The van der Waals surface area contributed by atoms with Gasteiger partial charge >= 0.3 is 0 Å². The minimum Gasteiger partial charge on any atom is -0.454 e. The van der Waals surface area contributed by atoms with Gasteiger partial charge in [-0.2, -0.15) is 5.26 Å². The molecule has 0 spiro atoms. The number of allylic oxidation sites excluding steroid dienone is 1. The van der Waals surface area contributed by atoms with Crippen molar-refractivity contribution in [1.29, 1.82) is 5.26 Å². The van der Waals surface area contributed by atoms with Crippen LogP contribution < -0.4 is 9.47 Å². The molecule has 0 amide bonds. The Balaban J connectivity index is 2.00. The van der Waals surface area contributed by atoms with Gasteiger partial charge in [0.15, 0.2) is 11.5 Å². The molecular weight excluding hydrogens is 284 g/mol. The average molecular weight is 294 g/mol. The first-order valence-corrected chi connectivity index (χ1v) is 6.44. The molecule has 6 heteroatoms. The molecule has 0 aliphatic carbocycles. The van der Waals surface area contributed by atoms with Crippen LogP contribution >= 0.6 is 0 Å². The fourth-order valence-electron chi connectivity index (χ4n) is 2.16. The van der Waals surface area contributed by atoms with Gasteiger partial charge < -0.3 is 9.47 Å². The summed E-state index contributed by atoms with van der Waals surface area (Å²) in [5.74, 6) is 1.23. The van der Waals surface area contributed by atoms with Gasteiger partial charge in [-0.3, -0.25) is 10.1 Å². The Hall–Kier alpha value is -3.33. The number of nitro benzene ring substituents is 1. The molecule has 108 valence electrons. The third-order valence-electron chi connectivity index (χ3n) is 3.24. The van der Waals surface area contributed by atoms with Gasteiger partial charge in [0, 0.05) is 17.7 Å². The Labute approximate surface area is 126 Å². The number of para-hydroxylation sites is 1. The normalized spacial score (nSPS) is 12.8. The Morgan fingerprint density at radius 2 is 2.00 bits per heavy atom. The highest BCUT2D eigenvalue weighted by atomic mass is 16.7. The van der Waals surface area contributed by atoms with Crippen LogP contribution in [0.4, 0.5) is 5.69 Å². The first-order valence-electron chi connectivity index (χ1n) is 6.44. The van der Waals surface area contributed by atoms with Crippen LogP contribution in [-0.2, 0) is 0 Å². The van der Waals surface area contributed by atoms with Crippen molar-refractivity contribution < 1.29 is 14.4 Å². The Bertz CT molecular complexity index is 804. The number of ether oxygens (including phenoxy) is 2. The van der Waals surface area contributed by atoms with E-state index in [1.54, 1.807) is 24.3 Å². The lowest BCUT2D eigenvalue weighted by Crippen LogP contribution is -1.93. The fraction of sp³-hybridized carbons (Fsp3) is 0.0625. The molecule has 1 aliphatic rings. The van der Waals surface area contributed by atoms with Crippen molar-refractivity contribution in [3.05, 3.63) is 63.7 Å². The maximum atomic E-state index is 10.7. The SMILES string of the molecule is N#C/C(=C\c1cccc2c1OCO2)c1ccc([N+](=O)[O-])cc1. The molecule has 0 atom stereocenters. The van der Waals surface area contributed by atoms with E-state index < -0.39 is 4.92 Å². The van der Waals surface area contributed by atoms with E-state index in [1.807, 2.05) is 12.1 Å². The van der Waals surface area contributed by atoms with Gasteiger partial charge in [-0.1, -0.05) is 12.1 Å². The van der Waals surface area contributed by atoms with Crippen LogP contribution in [0.3, 0.4) is 0 Å². The van der Waals surface area contributed by atoms with Gasteiger partial charge in [0.2, 0.25) is 6.79 Å². The molecule has 1 aliphatic heterocycles. The number of nitriles is 1. The maximum Gasteiger partial charge on any atom is 0.269 e. The Morgan fingerprint density at radius 1 is 1.23 bits per heavy atom. The predicted molar refractivity (Wildman–Crippen MR) is 79.1 cm³/mol. The number of rotatable bonds is 3. The summed E-state index contributed by atoms with van der Waals surface area (Å²) in [7, 11) is 0. The first-order chi connectivity index (χ1) is 10.7. The van der Waals surface area contributed by atoms with Gasteiger partial charge in [0.25, 0.3) is 5.69 Å². The molecule has 0 radical (unpaired) electrons. The lowest BCUT2D eigenvalue weighted by molar-refractivity contribution is -0.384. The summed E-state index contributed by atoms with van der Waals surface area (Å²) in [4.78, 5) is 10.2. The molecule has 2 aromatic carbocycles. The van der Waals surface area contributed by atoms with Gasteiger partial charge in [-0.25, -0.2) is 0 Å². The lowest BCUT2D eigenvalue weighted by atomic mass is 10.0. The number of benzene rings is 2. The van der Waals surface area contributed by atoms with Crippen molar-refractivity contribution in [2.24, 2.45) is 0 Å². The molecule has 22 heavy (non-hydrogen) atoms. The second-order valence-electron chi connectivity index (χ2n) is 4.55. The van der Waals surface area contributed by atoms with E-state index >= 15 is 0 Å². The van der Waals surface area contributed by atoms with E-state index in [0.717, 1.165) is 5.56 Å². The van der Waals surface area contributed by atoms with Crippen LogP contribution in [0.5, 0.6) is 11.5 Å². The molecule has 0 fully saturated rings. The highest BCUT2D eigenvalue weighted by Gasteiger charge is 2.16. The summed E-state index contributed by atoms with van der Waals surface area (Å²) in [6.45, 7) is 0.152. The first kappa shape index (κ1) is 13.6. The van der Waals surface area contributed by atoms with Crippen LogP contribution in [0.25, 0.3) is 11.6 Å². The van der Waals surface area contributed by atoms with Gasteiger partial charge in [0.05, 0.1) is 16.6 Å². The van der Waals surface area contributed by atoms with Crippen LogP contribution in [0, 0.1) is 21.4 Å². The summed E-state index contributed by atoms with van der Waals surface area (Å²) < 4.78 is 10.7. The summed E-state index contributed by atoms with van der Waals surface area (Å²) in [6.07, 6.45) is 1.68. The molecule has 6 nitrogen and oxygen atoms in total. The zero-order chi connectivity index (χ0) is 15.5. The van der Waals surface area contributed by atoms with E-state index in [2.05, 4.69) is 6.07 Å².